The molecular weight excluding hydrogens is 382 g/mol. The van der Waals surface area contributed by atoms with Crippen molar-refractivity contribution in [2.45, 2.75) is 25.3 Å². The first-order valence-electron chi connectivity index (χ1n) is 9.28. The molecule has 1 aromatic carbocycles. The fourth-order valence-electron chi connectivity index (χ4n) is 3.23. The molecule has 2 heterocycles. The molecule has 2 amide bonds. The van der Waals surface area contributed by atoms with Gasteiger partial charge in [0.15, 0.2) is 5.69 Å². The largest absolute Gasteiger partial charge is 0.383 e. The summed E-state index contributed by atoms with van der Waals surface area (Å²) < 4.78 is 6.63. The third-order valence-electron chi connectivity index (χ3n) is 4.77. The number of likely N-dealkylation sites (tertiary alicyclic amines) is 1. The number of rotatable bonds is 7. The highest BCUT2D eigenvalue weighted by Crippen LogP contribution is 2.22. The first-order valence-corrected chi connectivity index (χ1v) is 9.66. The molecule has 1 aromatic heterocycles. The van der Waals surface area contributed by atoms with E-state index in [-0.39, 0.29) is 23.6 Å². The monoisotopic (exact) mass is 405 g/mol. The van der Waals surface area contributed by atoms with Crippen LogP contribution in [-0.2, 0) is 16.0 Å². The number of aromatic nitrogens is 3. The number of hydrogen-bond donors (Lipinski definition) is 1. The molecule has 2 aromatic rings. The van der Waals surface area contributed by atoms with E-state index in [1.807, 2.05) is 23.1 Å². The smallest absolute Gasteiger partial charge is 0.273 e. The highest BCUT2D eigenvalue weighted by molar-refractivity contribution is 6.30. The molecule has 0 saturated carbocycles. The van der Waals surface area contributed by atoms with Crippen LogP contribution in [0.1, 0.15) is 34.9 Å². The average molecular weight is 406 g/mol. The third-order valence-corrected chi connectivity index (χ3v) is 5.01. The Balaban J connectivity index is 1.50. The summed E-state index contributed by atoms with van der Waals surface area (Å²) in [6, 6.07) is 7.51. The van der Waals surface area contributed by atoms with Crippen molar-refractivity contribution in [1.82, 2.24) is 25.2 Å². The normalized spacial score (nSPS) is 14.9. The molecule has 1 saturated heterocycles. The molecule has 1 fully saturated rings. The van der Waals surface area contributed by atoms with Gasteiger partial charge in [0.25, 0.3) is 5.91 Å². The summed E-state index contributed by atoms with van der Waals surface area (Å²) in [7, 11) is 1.58. The first-order chi connectivity index (χ1) is 13.6. The van der Waals surface area contributed by atoms with Crippen LogP contribution in [0.15, 0.2) is 30.5 Å². The number of benzene rings is 1. The Morgan fingerprint density at radius 2 is 2.11 bits per heavy atom. The maximum absolute atomic E-state index is 12.5. The second-order valence-electron chi connectivity index (χ2n) is 6.75. The van der Waals surface area contributed by atoms with Crippen LogP contribution in [0.5, 0.6) is 0 Å². The minimum atomic E-state index is -0.266. The summed E-state index contributed by atoms with van der Waals surface area (Å²) in [4.78, 5) is 26.4. The number of halogens is 1. The lowest BCUT2D eigenvalue weighted by Gasteiger charge is -2.32. The summed E-state index contributed by atoms with van der Waals surface area (Å²) in [6.45, 7) is 2.18. The molecule has 1 aliphatic heterocycles. The second kappa shape index (κ2) is 9.66. The van der Waals surface area contributed by atoms with Crippen LogP contribution < -0.4 is 5.32 Å². The third kappa shape index (κ3) is 5.30. The molecule has 9 heteroatoms. The number of piperidine rings is 1. The van der Waals surface area contributed by atoms with Crippen molar-refractivity contribution in [2.24, 2.45) is 0 Å². The van der Waals surface area contributed by atoms with Gasteiger partial charge in [-0.15, -0.1) is 5.10 Å². The number of carbonyl (C=O) groups is 2. The zero-order valence-electron chi connectivity index (χ0n) is 15.8. The Labute approximate surface area is 168 Å². The fourth-order valence-corrected chi connectivity index (χ4v) is 3.44. The molecule has 8 nitrogen and oxygen atoms in total. The predicted octanol–water partition coefficient (Wildman–Crippen LogP) is 1.71. The maximum atomic E-state index is 12.5. The molecular formula is C19H24ClN5O3. The first kappa shape index (κ1) is 20.3. The quantitative estimate of drug-likeness (QED) is 0.708. The van der Waals surface area contributed by atoms with E-state index in [9.17, 15) is 9.59 Å². The van der Waals surface area contributed by atoms with Crippen LogP contribution in [0.4, 0.5) is 0 Å². The van der Waals surface area contributed by atoms with Gasteiger partial charge in [-0.2, -0.15) is 0 Å². The molecule has 0 atom stereocenters. The number of amides is 2. The van der Waals surface area contributed by atoms with E-state index >= 15 is 0 Å². The minimum Gasteiger partial charge on any atom is -0.383 e. The average Bonchev–Trinajstić information content (AvgIpc) is 3.18. The van der Waals surface area contributed by atoms with Crippen molar-refractivity contribution in [1.29, 1.82) is 0 Å². The molecule has 0 spiro atoms. The summed E-state index contributed by atoms with van der Waals surface area (Å²) in [5.41, 5.74) is 1.20. The molecule has 0 aliphatic carbocycles. The van der Waals surface area contributed by atoms with Crippen molar-refractivity contribution in [3.8, 4) is 0 Å². The Morgan fingerprint density at radius 1 is 1.32 bits per heavy atom. The van der Waals surface area contributed by atoms with Crippen LogP contribution in [0, 0.1) is 0 Å². The van der Waals surface area contributed by atoms with Crippen molar-refractivity contribution >= 4 is 23.4 Å². The SMILES string of the molecule is COCCNC(=O)c1cn(C2CCN(C(=O)Cc3cccc(Cl)c3)CC2)nn1. The van der Waals surface area contributed by atoms with Gasteiger partial charge in [0, 0.05) is 31.8 Å². The number of carbonyl (C=O) groups excluding carboxylic acids is 2. The Bertz CT molecular complexity index is 817. The second-order valence-corrected chi connectivity index (χ2v) is 7.19. The minimum absolute atomic E-state index is 0.0949. The molecule has 28 heavy (non-hydrogen) atoms. The number of nitrogens with one attached hydrogen (secondary N) is 1. The lowest BCUT2D eigenvalue weighted by Crippen LogP contribution is -2.40. The number of nitrogens with zero attached hydrogens (tertiary/aromatic N) is 4. The van der Waals surface area contributed by atoms with E-state index in [4.69, 9.17) is 16.3 Å². The zero-order valence-corrected chi connectivity index (χ0v) is 16.6. The molecule has 3 rings (SSSR count). The molecule has 1 N–H and O–H groups in total. The van der Waals surface area contributed by atoms with Crippen LogP contribution >= 0.6 is 11.6 Å². The highest BCUT2D eigenvalue weighted by Gasteiger charge is 2.25. The van der Waals surface area contributed by atoms with Crippen LogP contribution in [0.2, 0.25) is 5.02 Å². The van der Waals surface area contributed by atoms with E-state index in [0.717, 1.165) is 18.4 Å². The van der Waals surface area contributed by atoms with Crippen LogP contribution in [0.3, 0.4) is 0 Å². The summed E-state index contributed by atoms with van der Waals surface area (Å²) >= 11 is 5.99. The Morgan fingerprint density at radius 3 is 2.82 bits per heavy atom. The van der Waals surface area contributed by atoms with E-state index < -0.39 is 0 Å². The van der Waals surface area contributed by atoms with Gasteiger partial charge in [0.1, 0.15) is 0 Å². The summed E-state index contributed by atoms with van der Waals surface area (Å²) in [6.07, 6.45) is 3.56. The molecule has 0 bridgehead atoms. The van der Waals surface area contributed by atoms with Gasteiger partial charge in [-0.1, -0.05) is 28.9 Å². The van der Waals surface area contributed by atoms with E-state index in [2.05, 4.69) is 15.6 Å². The fraction of sp³-hybridized carbons (Fsp3) is 0.474. The lowest BCUT2D eigenvalue weighted by molar-refractivity contribution is -0.131. The van der Waals surface area contributed by atoms with Gasteiger partial charge >= 0.3 is 0 Å². The van der Waals surface area contributed by atoms with Crippen molar-refractivity contribution < 1.29 is 14.3 Å². The van der Waals surface area contributed by atoms with Gasteiger partial charge < -0.3 is 15.0 Å². The summed E-state index contributed by atoms with van der Waals surface area (Å²) in [5.74, 6) is -0.171. The number of ether oxygens (including phenoxy) is 1. The molecule has 0 unspecified atom stereocenters. The molecule has 0 radical (unpaired) electrons. The van der Waals surface area contributed by atoms with Gasteiger partial charge in [-0.05, 0) is 30.5 Å². The van der Waals surface area contributed by atoms with Gasteiger partial charge in [0.2, 0.25) is 5.91 Å². The van der Waals surface area contributed by atoms with E-state index in [0.29, 0.717) is 37.7 Å². The molecule has 1 aliphatic rings. The van der Waals surface area contributed by atoms with Crippen molar-refractivity contribution in [3.05, 3.63) is 46.7 Å². The topological polar surface area (TPSA) is 89.4 Å². The number of hydrogen-bond acceptors (Lipinski definition) is 5. The van der Waals surface area contributed by atoms with E-state index in [1.54, 1.807) is 24.1 Å². The standard InChI is InChI=1S/C19H24ClN5O3/c1-28-10-7-21-19(27)17-13-25(23-22-17)16-5-8-24(9-6-16)18(26)12-14-3-2-4-15(20)11-14/h2-4,11,13,16H,5-10,12H2,1H3,(H,21,27). The molecule has 150 valence electrons. The summed E-state index contributed by atoms with van der Waals surface area (Å²) in [5, 5.41) is 11.4. The van der Waals surface area contributed by atoms with Gasteiger partial charge in [-0.25, -0.2) is 4.68 Å². The van der Waals surface area contributed by atoms with Crippen LogP contribution in [0.25, 0.3) is 0 Å². The predicted molar refractivity (Wildman–Crippen MR) is 104 cm³/mol. The van der Waals surface area contributed by atoms with Gasteiger partial charge in [0.05, 0.1) is 25.3 Å². The van der Waals surface area contributed by atoms with E-state index in [1.165, 1.54) is 0 Å². The van der Waals surface area contributed by atoms with Gasteiger partial charge in [-0.3, -0.25) is 9.59 Å². The zero-order chi connectivity index (χ0) is 19.9. The Hall–Kier alpha value is -2.45. The lowest BCUT2D eigenvalue weighted by atomic mass is 10.0. The van der Waals surface area contributed by atoms with Crippen molar-refractivity contribution in [3.63, 3.8) is 0 Å². The number of methoxy groups -OCH3 is 1. The Kier molecular flexibility index (Phi) is 7.00. The van der Waals surface area contributed by atoms with Crippen LogP contribution in [-0.4, -0.2) is 65.1 Å². The highest BCUT2D eigenvalue weighted by atomic mass is 35.5. The maximum Gasteiger partial charge on any atom is 0.273 e. The van der Waals surface area contributed by atoms with Crippen molar-refractivity contribution in [2.75, 3.05) is 33.4 Å².